The van der Waals surface area contributed by atoms with Crippen molar-refractivity contribution in [2.45, 2.75) is 25.5 Å². The van der Waals surface area contributed by atoms with E-state index < -0.39 is 5.82 Å². The minimum atomic E-state index is -0.503. The number of benzene rings is 2. The SMILES string of the molecule is C=CC(=O)N1CCC[C@@H](n2nc(-c3ccc(OCc4ccccc4)c(F)c3)c3c(N)ncnc32)C1. The molecular weight excluding hydrogens is 447 g/mol. The highest BCUT2D eigenvalue weighted by atomic mass is 19.1. The van der Waals surface area contributed by atoms with E-state index >= 15 is 4.39 Å². The lowest BCUT2D eigenvalue weighted by Gasteiger charge is -2.32. The Kier molecular flexibility index (Phi) is 6.13. The van der Waals surface area contributed by atoms with E-state index in [1.807, 2.05) is 30.3 Å². The van der Waals surface area contributed by atoms with E-state index in [1.165, 1.54) is 18.5 Å². The van der Waals surface area contributed by atoms with Gasteiger partial charge in [-0.1, -0.05) is 36.9 Å². The number of amides is 1. The van der Waals surface area contributed by atoms with E-state index in [4.69, 9.17) is 15.6 Å². The molecule has 0 bridgehead atoms. The molecular formula is C26H25FN6O2. The minimum absolute atomic E-state index is 0.100. The maximum absolute atomic E-state index is 15.0. The molecule has 1 fully saturated rings. The highest BCUT2D eigenvalue weighted by Crippen LogP contribution is 2.35. The van der Waals surface area contributed by atoms with E-state index in [9.17, 15) is 4.79 Å². The summed E-state index contributed by atoms with van der Waals surface area (Å²) >= 11 is 0. The number of carbonyl (C=O) groups is 1. The molecule has 9 heteroatoms. The second-order valence-corrected chi connectivity index (χ2v) is 8.45. The lowest BCUT2D eigenvalue weighted by Crippen LogP contribution is -2.40. The molecule has 1 saturated heterocycles. The quantitative estimate of drug-likeness (QED) is 0.424. The second kappa shape index (κ2) is 9.54. The number of halogens is 1. The summed E-state index contributed by atoms with van der Waals surface area (Å²) in [5.74, 6) is -0.210. The van der Waals surface area contributed by atoms with Crippen LogP contribution in [0.5, 0.6) is 5.75 Å². The number of ether oxygens (including phenoxy) is 1. The first kappa shape index (κ1) is 22.5. The summed E-state index contributed by atoms with van der Waals surface area (Å²) in [6, 6.07) is 14.2. The third-order valence-electron chi connectivity index (χ3n) is 6.19. The van der Waals surface area contributed by atoms with Gasteiger partial charge in [0.1, 0.15) is 24.4 Å². The van der Waals surface area contributed by atoms with Crippen molar-refractivity contribution in [3.63, 3.8) is 0 Å². The van der Waals surface area contributed by atoms with Crippen LogP contribution in [0, 0.1) is 5.82 Å². The summed E-state index contributed by atoms with van der Waals surface area (Å²) in [4.78, 5) is 22.5. The van der Waals surface area contributed by atoms with Gasteiger partial charge >= 0.3 is 0 Å². The fourth-order valence-corrected chi connectivity index (χ4v) is 4.44. The predicted octanol–water partition coefficient (Wildman–Crippen LogP) is 4.14. The molecule has 1 aliphatic rings. The van der Waals surface area contributed by atoms with E-state index in [2.05, 4.69) is 16.5 Å². The highest BCUT2D eigenvalue weighted by Gasteiger charge is 2.28. The Bertz CT molecular complexity index is 1390. The van der Waals surface area contributed by atoms with Crippen molar-refractivity contribution in [2.24, 2.45) is 0 Å². The maximum atomic E-state index is 15.0. The molecule has 0 radical (unpaired) electrons. The lowest BCUT2D eigenvalue weighted by atomic mass is 10.1. The molecule has 1 aliphatic heterocycles. The highest BCUT2D eigenvalue weighted by molar-refractivity contribution is 5.98. The van der Waals surface area contributed by atoms with Gasteiger partial charge in [-0.3, -0.25) is 4.79 Å². The van der Waals surface area contributed by atoms with Gasteiger partial charge in [-0.25, -0.2) is 19.0 Å². The standard InChI is InChI=1S/C26H25FN6O2/c1-2-22(34)32-12-6-9-19(14-32)33-26-23(25(28)29-16-30-26)24(31-33)18-10-11-21(20(27)13-18)35-15-17-7-4-3-5-8-17/h2-5,7-8,10-11,13,16,19H,1,6,9,12,14-15H2,(H2,28,29,30)/t19-/m1/s1. The van der Waals surface area contributed by atoms with Gasteiger partial charge in [0, 0.05) is 18.7 Å². The zero-order valence-electron chi connectivity index (χ0n) is 19.1. The minimum Gasteiger partial charge on any atom is -0.486 e. The number of likely N-dealkylation sites (tertiary alicyclic amines) is 1. The van der Waals surface area contributed by atoms with Crippen LogP contribution in [-0.2, 0) is 11.4 Å². The number of nitrogens with zero attached hydrogens (tertiary/aromatic N) is 5. The van der Waals surface area contributed by atoms with Crippen molar-refractivity contribution in [1.82, 2.24) is 24.6 Å². The molecule has 0 unspecified atom stereocenters. The van der Waals surface area contributed by atoms with Crippen molar-refractivity contribution in [2.75, 3.05) is 18.8 Å². The monoisotopic (exact) mass is 472 g/mol. The first-order valence-corrected chi connectivity index (χ1v) is 11.4. The van der Waals surface area contributed by atoms with Gasteiger partial charge in [-0.05, 0) is 42.7 Å². The maximum Gasteiger partial charge on any atom is 0.246 e. The normalized spacial score (nSPS) is 15.8. The third kappa shape index (κ3) is 4.44. The largest absolute Gasteiger partial charge is 0.486 e. The van der Waals surface area contributed by atoms with E-state index in [1.54, 1.807) is 21.7 Å². The Morgan fingerprint density at radius 1 is 1.23 bits per heavy atom. The number of nitrogens with two attached hydrogens (primary N) is 1. The van der Waals surface area contributed by atoms with Crippen LogP contribution in [0.3, 0.4) is 0 Å². The lowest BCUT2D eigenvalue weighted by molar-refractivity contribution is -0.127. The van der Waals surface area contributed by atoms with Crippen LogP contribution in [0.1, 0.15) is 24.4 Å². The molecule has 178 valence electrons. The number of anilines is 1. The van der Waals surface area contributed by atoms with Crippen LogP contribution in [-0.4, -0.2) is 43.6 Å². The molecule has 1 atom stereocenters. The third-order valence-corrected chi connectivity index (χ3v) is 6.19. The molecule has 35 heavy (non-hydrogen) atoms. The Morgan fingerprint density at radius 2 is 2.06 bits per heavy atom. The molecule has 0 aliphatic carbocycles. The predicted molar refractivity (Wildman–Crippen MR) is 131 cm³/mol. The number of rotatable bonds is 6. The molecule has 0 spiro atoms. The molecule has 4 aromatic rings. The van der Waals surface area contributed by atoms with Gasteiger partial charge in [0.05, 0.1) is 11.4 Å². The summed E-state index contributed by atoms with van der Waals surface area (Å²) in [5, 5.41) is 5.34. The molecule has 3 heterocycles. The topological polar surface area (TPSA) is 99.2 Å². The molecule has 5 rings (SSSR count). The zero-order chi connectivity index (χ0) is 24.4. The second-order valence-electron chi connectivity index (χ2n) is 8.45. The van der Waals surface area contributed by atoms with Crippen molar-refractivity contribution >= 4 is 22.8 Å². The number of fused-ring (bicyclic) bond motifs is 1. The number of hydrogen-bond donors (Lipinski definition) is 1. The molecule has 0 saturated carbocycles. The molecule has 8 nitrogen and oxygen atoms in total. The molecule has 2 aromatic heterocycles. The van der Waals surface area contributed by atoms with E-state index in [0.29, 0.717) is 35.4 Å². The van der Waals surface area contributed by atoms with Crippen molar-refractivity contribution < 1.29 is 13.9 Å². The number of nitrogen functional groups attached to an aromatic ring is 1. The number of hydrogen-bond acceptors (Lipinski definition) is 6. The number of piperidine rings is 1. The van der Waals surface area contributed by atoms with Crippen LogP contribution in [0.15, 0.2) is 67.5 Å². The smallest absolute Gasteiger partial charge is 0.246 e. The summed E-state index contributed by atoms with van der Waals surface area (Å²) in [7, 11) is 0. The first-order valence-electron chi connectivity index (χ1n) is 11.4. The van der Waals surface area contributed by atoms with Gasteiger partial charge in [0.25, 0.3) is 0 Å². The van der Waals surface area contributed by atoms with Crippen molar-refractivity contribution in [3.8, 4) is 17.0 Å². The average molecular weight is 473 g/mol. The molecule has 2 aromatic carbocycles. The fraction of sp³-hybridized carbons (Fsp3) is 0.231. The molecule has 1 amide bonds. The van der Waals surface area contributed by atoms with Crippen molar-refractivity contribution in [3.05, 3.63) is 78.9 Å². The Morgan fingerprint density at radius 3 is 2.83 bits per heavy atom. The summed E-state index contributed by atoms with van der Waals surface area (Å²) < 4.78 is 22.5. The van der Waals surface area contributed by atoms with Gasteiger partial charge in [0.15, 0.2) is 17.2 Å². The van der Waals surface area contributed by atoms with Crippen LogP contribution in [0.25, 0.3) is 22.3 Å². The van der Waals surface area contributed by atoms with Gasteiger partial charge < -0.3 is 15.4 Å². The fourth-order valence-electron chi connectivity index (χ4n) is 4.44. The Labute approximate surface area is 201 Å². The Balaban J connectivity index is 1.48. The van der Waals surface area contributed by atoms with Gasteiger partial charge in [-0.2, -0.15) is 5.10 Å². The number of carbonyl (C=O) groups excluding carboxylic acids is 1. The van der Waals surface area contributed by atoms with Gasteiger partial charge in [-0.15, -0.1) is 0 Å². The van der Waals surface area contributed by atoms with Crippen LogP contribution >= 0.6 is 0 Å². The molecule has 2 N–H and O–H groups in total. The first-order chi connectivity index (χ1) is 17.0. The van der Waals surface area contributed by atoms with Crippen LogP contribution < -0.4 is 10.5 Å². The van der Waals surface area contributed by atoms with Crippen LogP contribution in [0.2, 0.25) is 0 Å². The van der Waals surface area contributed by atoms with Crippen molar-refractivity contribution in [1.29, 1.82) is 0 Å². The number of aromatic nitrogens is 4. The summed E-state index contributed by atoms with van der Waals surface area (Å²) in [6.45, 7) is 4.99. The van der Waals surface area contributed by atoms with E-state index in [-0.39, 0.29) is 30.1 Å². The van der Waals surface area contributed by atoms with Gasteiger partial charge in [0.2, 0.25) is 5.91 Å². The summed E-state index contributed by atoms with van der Waals surface area (Å²) in [6.07, 6.45) is 4.35. The average Bonchev–Trinajstić information content (AvgIpc) is 3.29. The Hall–Kier alpha value is -4.27. The van der Waals surface area contributed by atoms with E-state index in [0.717, 1.165) is 18.4 Å². The van der Waals surface area contributed by atoms with Crippen LogP contribution in [0.4, 0.5) is 10.2 Å². The zero-order valence-corrected chi connectivity index (χ0v) is 19.1. The summed E-state index contributed by atoms with van der Waals surface area (Å²) in [5.41, 5.74) is 8.73.